The average Bonchev–Trinajstić information content (AvgIpc) is 3.15. The van der Waals surface area contributed by atoms with Crippen molar-refractivity contribution >= 4 is 5.57 Å². The lowest BCUT2D eigenvalue weighted by Gasteiger charge is -2.07. The van der Waals surface area contributed by atoms with Gasteiger partial charge in [0, 0.05) is 5.57 Å². The summed E-state index contributed by atoms with van der Waals surface area (Å²) in [6.45, 7) is 0. The number of nitrogens with one attached hydrogen (secondary N) is 1. The second-order valence-electron chi connectivity index (χ2n) is 5.44. The van der Waals surface area contributed by atoms with E-state index >= 15 is 0 Å². The SMILES string of the molecule is N#Cc1ccc(/C(=C/CCc2ccc(F)cc2)c2cnc[nH]2)cc1. The Kier molecular flexibility index (Phi) is 4.83. The van der Waals surface area contributed by atoms with Crippen molar-refractivity contribution in [3.05, 3.63) is 95.3 Å². The molecule has 3 nitrogen and oxygen atoms in total. The molecule has 0 atom stereocenters. The molecule has 0 radical (unpaired) electrons. The van der Waals surface area contributed by atoms with E-state index in [0.29, 0.717) is 5.56 Å². The van der Waals surface area contributed by atoms with Gasteiger partial charge in [-0.1, -0.05) is 30.3 Å². The molecule has 0 aliphatic carbocycles. The number of imidazole rings is 1. The van der Waals surface area contributed by atoms with Crippen molar-refractivity contribution in [1.29, 1.82) is 5.26 Å². The quantitative estimate of drug-likeness (QED) is 0.754. The van der Waals surface area contributed by atoms with E-state index in [1.54, 1.807) is 36.8 Å². The number of aryl methyl sites for hydroxylation is 1. The molecule has 0 unspecified atom stereocenters. The molecule has 0 saturated heterocycles. The maximum Gasteiger partial charge on any atom is 0.123 e. The number of nitrogens with zero attached hydrogens (tertiary/aromatic N) is 2. The van der Waals surface area contributed by atoms with Crippen LogP contribution in [0.4, 0.5) is 4.39 Å². The maximum absolute atomic E-state index is 13.0. The van der Waals surface area contributed by atoms with Crippen molar-refractivity contribution in [2.75, 3.05) is 0 Å². The number of nitriles is 1. The van der Waals surface area contributed by atoms with Crippen molar-refractivity contribution in [3.63, 3.8) is 0 Å². The predicted molar refractivity (Wildman–Crippen MR) is 91.5 cm³/mol. The molecular weight excluding hydrogens is 301 g/mol. The number of H-pyrrole nitrogens is 1. The van der Waals surface area contributed by atoms with Gasteiger partial charge in [0.05, 0.1) is 29.9 Å². The summed E-state index contributed by atoms with van der Waals surface area (Å²) in [5.41, 5.74) is 4.72. The van der Waals surface area contributed by atoms with E-state index in [1.165, 1.54) is 12.1 Å². The van der Waals surface area contributed by atoms with E-state index in [9.17, 15) is 4.39 Å². The van der Waals surface area contributed by atoms with Gasteiger partial charge in [-0.05, 0) is 48.2 Å². The van der Waals surface area contributed by atoms with Crippen LogP contribution in [0, 0.1) is 17.1 Å². The van der Waals surface area contributed by atoms with Gasteiger partial charge in [0.15, 0.2) is 0 Å². The molecule has 1 heterocycles. The van der Waals surface area contributed by atoms with Gasteiger partial charge in [0.1, 0.15) is 5.82 Å². The van der Waals surface area contributed by atoms with Crippen LogP contribution in [0.2, 0.25) is 0 Å². The zero-order valence-electron chi connectivity index (χ0n) is 13.0. The predicted octanol–water partition coefficient (Wildman–Crippen LogP) is 4.48. The topological polar surface area (TPSA) is 52.5 Å². The second kappa shape index (κ2) is 7.38. The number of benzene rings is 2. The van der Waals surface area contributed by atoms with Crippen LogP contribution in [0.25, 0.3) is 5.57 Å². The number of rotatable bonds is 5. The fraction of sp³-hybridized carbons (Fsp3) is 0.100. The summed E-state index contributed by atoms with van der Waals surface area (Å²) in [5, 5.41) is 8.93. The fourth-order valence-corrected chi connectivity index (χ4v) is 2.55. The molecule has 0 spiro atoms. The average molecular weight is 317 g/mol. The summed E-state index contributed by atoms with van der Waals surface area (Å²) in [5.74, 6) is -0.218. The Morgan fingerprint density at radius 3 is 2.50 bits per heavy atom. The molecule has 0 amide bonds. The molecule has 2 aromatic carbocycles. The monoisotopic (exact) mass is 317 g/mol. The largest absolute Gasteiger partial charge is 0.345 e. The Labute approximate surface area is 140 Å². The highest BCUT2D eigenvalue weighted by atomic mass is 19.1. The van der Waals surface area contributed by atoms with Crippen LogP contribution in [-0.2, 0) is 6.42 Å². The summed E-state index contributed by atoms with van der Waals surface area (Å²) in [7, 11) is 0. The Morgan fingerprint density at radius 2 is 1.88 bits per heavy atom. The molecule has 3 aromatic rings. The maximum atomic E-state index is 13.0. The van der Waals surface area contributed by atoms with Crippen molar-refractivity contribution in [2.45, 2.75) is 12.8 Å². The number of allylic oxidation sites excluding steroid dienone is 1. The fourth-order valence-electron chi connectivity index (χ4n) is 2.55. The Morgan fingerprint density at radius 1 is 1.12 bits per heavy atom. The van der Waals surface area contributed by atoms with Gasteiger partial charge in [-0.3, -0.25) is 0 Å². The number of hydrogen-bond acceptors (Lipinski definition) is 2. The van der Waals surface area contributed by atoms with Gasteiger partial charge in [-0.2, -0.15) is 5.26 Å². The molecule has 0 aliphatic rings. The van der Waals surface area contributed by atoms with Crippen LogP contribution in [-0.4, -0.2) is 9.97 Å². The second-order valence-corrected chi connectivity index (χ2v) is 5.44. The molecule has 0 saturated carbocycles. The first-order chi connectivity index (χ1) is 11.8. The lowest BCUT2D eigenvalue weighted by Crippen LogP contribution is -1.91. The Bertz CT molecular complexity index is 855. The molecule has 0 bridgehead atoms. The number of halogens is 1. The molecule has 0 fully saturated rings. The van der Waals surface area contributed by atoms with Gasteiger partial charge in [-0.25, -0.2) is 9.37 Å². The van der Waals surface area contributed by atoms with Crippen molar-refractivity contribution in [3.8, 4) is 6.07 Å². The van der Waals surface area contributed by atoms with Gasteiger partial charge in [0.2, 0.25) is 0 Å². The van der Waals surface area contributed by atoms with Crippen LogP contribution >= 0.6 is 0 Å². The van der Waals surface area contributed by atoms with Crippen LogP contribution in [0.15, 0.2) is 67.1 Å². The van der Waals surface area contributed by atoms with Crippen molar-refractivity contribution < 1.29 is 4.39 Å². The van der Waals surface area contributed by atoms with E-state index < -0.39 is 0 Å². The zero-order chi connectivity index (χ0) is 16.8. The Hall–Kier alpha value is -3.19. The molecule has 118 valence electrons. The van der Waals surface area contributed by atoms with Gasteiger partial charge in [-0.15, -0.1) is 0 Å². The smallest absolute Gasteiger partial charge is 0.123 e. The molecule has 4 heteroatoms. The van der Waals surface area contributed by atoms with E-state index in [0.717, 1.165) is 35.2 Å². The summed E-state index contributed by atoms with van der Waals surface area (Å²) in [4.78, 5) is 7.21. The molecule has 3 rings (SSSR count). The summed E-state index contributed by atoms with van der Waals surface area (Å²) in [6.07, 6.45) is 7.21. The highest BCUT2D eigenvalue weighted by Gasteiger charge is 2.06. The lowest BCUT2D eigenvalue weighted by molar-refractivity contribution is 0.627. The minimum absolute atomic E-state index is 0.218. The van der Waals surface area contributed by atoms with Gasteiger partial charge < -0.3 is 4.98 Å². The highest BCUT2D eigenvalue weighted by molar-refractivity contribution is 5.77. The van der Waals surface area contributed by atoms with Gasteiger partial charge >= 0.3 is 0 Å². The third-order valence-electron chi connectivity index (χ3n) is 3.81. The molecule has 1 N–H and O–H groups in total. The van der Waals surface area contributed by atoms with E-state index in [1.807, 2.05) is 12.1 Å². The summed E-state index contributed by atoms with van der Waals surface area (Å²) >= 11 is 0. The first kappa shape index (κ1) is 15.7. The molecular formula is C20H16FN3. The minimum Gasteiger partial charge on any atom is -0.345 e. The first-order valence-corrected chi connectivity index (χ1v) is 7.70. The first-order valence-electron chi connectivity index (χ1n) is 7.70. The van der Waals surface area contributed by atoms with Crippen molar-refractivity contribution in [2.24, 2.45) is 0 Å². The number of aromatic amines is 1. The van der Waals surface area contributed by atoms with E-state index in [4.69, 9.17) is 5.26 Å². The van der Waals surface area contributed by atoms with Crippen LogP contribution in [0.3, 0.4) is 0 Å². The minimum atomic E-state index is -0.218. The third kappa shape index (κ3) is 3.76. The summed E-state index contributed by atoms with van der Waals surface area (Å²) in [6, 6.07) is 16.2. The van der Waals surface area contributed by atoms with E-state index in [-0.39, 0.29) is 5.82 Å². The van der Waals surface area contributed by atoms with Crippen LogP contribution in [0.1, 0.15) is 28.8 Å². The van der Waals surface area contributed by atoms with Crippen LogP contribution in [0.5, 0.6) is 0 Å². The third-order valence-corrected chi connectivity index (χ3v) is 3.81. The normalized spacial score (nSPS) is 11.2. The Balaban J connectivity index is 1.82. The van der Waals surface area contributed by atoms with Gasteiger partial charge in [0.25, 0.3) is 0 Å². The summed E-state index contributed by atoms with van der Waals surface area (Å²) < 4.78 is 13.0. The highest BCUT2D eigenvalue weighted by Crippen LogP contribution is 2.23. The number of aromatic nitrogens is 2. The van der Waals surface area contributed by atoms with Crippen molar-refractivity contribution in [1.82, 2.24) is 9.97 Å². The standard InChI is InChI=1S/C20H16FN3/c21-18-10-6-15(7-11-18)2-1-3-19(20-13-23-14-24-20)17-8-4-16(12-22)5-9-17/h3-11,13-14H,1-2H2,(H,23,24)/b19-3-. The molecule has 0 aliphatic heterocycles. The lowest BCUT2D eigenvalue weighted by atomic mass is 9.99. The van der Waals surface area contributed by atoms with Crippen LogP contribution < -0.4 is 0 Å². The number of hydrogen-bond donors (Lipinski definition) is 1. The zero-order valence-corrected chi connectivity index (χ0v) is 13.0. The van der Waals surface area contributed by atoms with E-state index in [2.05, 4.69) is 22.1 Å². The molecule has 24 heavy (non-hydrogen) atoms. The molecule has 1 aromatic heterocycles.